The van der Waals surface area contributed by atoms with Gasteiger partial charge in [0.2, 0.25) is 11.8 Å². The molecular formula is C14H21N3O3S. The van der Waals surface area contributed by atoms with Gasteiger partial charge in [-0.1, -0.05) is 25.2 Å². The van der Waals surface area contributed by atoms with E-state index in [1.807, 2.05) is 27.7 Å². The van der Waals surface area contributed by atoms with Crippen LogP contribution in [0.5, 0.6) is 0 Å². The molecule has 6 nitrogen and oxygen atoms in total. The van der Waals surface area contributed by atoms with Crippen LogP contribution in [0.25, 0.3) is 0 Å². The maximum atomic E-state index is 12.5. The lowest BCUT2D eigenvalue weighted by Gasteiger charge is -2.37. The number of hydrogen-bond acceptors (Lipinski definition) is 4. The Labute approximate surface area is 127 Å². The number of nitrogens with one attached hydrogen (secondary N) is 1. The van der Waals surface area contributed by atoms with Crippen molar-refractivity contribution in [1.82, 2.24) is 14.8 Å². The van der Waals surface area contributed by atoms with Gasteiger partial charge in [-0.2, -0.15) is 0 Å². The van der Waals surface area contributed by atoms with E-state index in [1.165, 1.54) is 4.57 Å². The molecule has 0 saturated carbocycles. The SMILES string of the molecule is Cc1sc(=O)n(CC(=O)N2CCNC(=O)C2C(C)C)c1C. The Morgan fingerprint density at radius 1 is 1.38 bits per heavy atom. The number of aromatic nitrogens is 1. The van der Waals surface area contributed by atoms with Crippen molar-refractivity contribution in [2.45, 2.75) is 40.3 Å². The van der Waals surface area contributed by atoms with Gasteiger partial charge in [-0.15, -0.1) is 0 Å². The Kier molecular flexibility index (Phi) is 4.51. The Hall–Kier alpha value is -1.63. The summed E-state index contributed by atoms with van der Waals surface area (Å²) in [5.74, 6) is -0.252. The van der Waals surface area contributed by atoms with E-state index in [2.05, 4.69) is 5.32 Å². The van der Waals surface area contributed by atoms with E-state index in [1.54, 1.807) is 4.90 Å². The normalized spacial score (nSPS) is 19.0. The van der Waals surface area contributed by atoms with E-state index in [-0.39, 0.29) is 29.1 Å². The van der Waals surface area contributed by atoms with Crippen LogP contribution in [0.1, 0.15) is 24.4 Å². The van der Waals surface area contributed by atoms with E-state index < -0.39 is 6.04 Å². The van der Waals surface area contributed by atoms with Crippen molar-refractivity contribution in [2.24, 2.45) is 5.92 Å². The van der Waals surface area contributed by atoms with Gasteiger partial charge in [0, 0.05) is 23.7 Å². The maximum absolute atomic E-state index is 12.5. The number of carbonyl (C=O) groups is 2. The van der Waals surface area contributed by atoms with Crippen molar-refractivity contribution >= 4 is 23.2 Å². The first-order valence-corrected chi connectivity index (χ1v) is 7.88. The second-order valence-corrected chi connectivity index (χ2v) is 6.83. The zero-order chi connectivity index (χ0) is 15.7. The predicted molar refractivity (Wildman–Crippen MR) is 81.4 cm³/mol. The van der Waals surface area contributed by atoms with E-state index in [9.17, 15) is 14.4 Å². The van der Waals surface area contributed by atoms with Crippen LogP contribution in [0.4, 0.5) is 0 Å². The first kappa shape index (κ1) is 15.8. The lowest BCUT2D eigenvalue weighted by Crippen LogP contribution is -2.59. The minimum atomic E-state index is -0.456. The number of carbonyl (C=O) groups excluding carboxylic acids is 2. The summed E-state index contributed by atoms with van der Waals surface area (Å²) in [7, 11) is 0. The Balaban J connectivity index is 2.22. The molecule has 1 aromatic rings. The van der Waals surface area contributed by atoms with Gasteiger partial charge in [0.25, 0.3) is 0 Å². The topological polar surface area (TPSA) is 71.4 Å². The van der Waals surface area contributed by atoms with Crippen LogP contribution in [0.3, 0.4) is 0 Å². The van der Waals surface area contributed by atoms with Gasteiger partial charge in [-0.05, 0) is 19.8 Å². The molecule has 1 aromatic heterocycles. The summed E-state index contributed by atoms with van der Waals surface area (Å²) in [6, 6.07) is -0.456. The van der Waals surface area contributed by atoms with Crippen LogP contribution in [0.15, 0.2) is 4.79 Å². The molecule has 2 amide bonds. The number of thiazole rings is 1. The van der Waals surface area contributed by atoms with Crippen LogP contribution in [-0.2, 0) is 16.1 Å². The molecule has 7 heteroatoms. The molecule has 0 bridgehead atoms. The fraction of sp³-hybridized carbons (Fsp3) is 0.643. The fourth-order valence-corrected chi connectivity index (χ4v) is 3.45. The summed E-state index contributed by atoms with van der Waals surface area (Å²) in [6.07, 6.45) is 0. The summed E-state index contributed by atoms with van der Waals surface area (Å²) in [4.78, 5) is 38.8. The molecule has 2 rings (SSSR count). The lowest BCUT2D eigenvalue weighted by atomic mass is 9.99. The van der Waals surface area contributed by atoms with Crippen LogP contribution >= 0.6 is 11.3 Å². The number of aryl methyl sites for hydroxylation is 1. The van der Waals surface area contributed by atoms with Gasteiger partial charge in [0.1, 0.15) is 12.6 Å². The average Bonchev–Trinajstić information content (AvgIpc) is 2.64. The Morgan fingerprint density at radius 3 is 2.57 bits per heavy atom. The van der Waals surface area contributed by atoms with Crippen molar-refractivity contribution in [3.05, 3.63) is 20.2 Å². The number of amides is 2. The molecule has 116 valence electrons. The molecule has 0 aromatic carbocycles. The molecule has 0 aliphatic carbocycles. The van der Waals surface area contributed by atoms with Gasteiger partial charge >= 0.3 is 4.87 Å². The van der Waals surface area contributed by atoms with Crippen LogP contribution in [-0.4, -0.2) is 40.4 Å². The van der Waals surface area contributed by atoms with Crippen molar-refractivity contribution in [3.63, 3.8) is 0 Å². The van der Waals surface area contributed by atoms with Gasteiger partial charge < -0.3 is 10.2 Å². The standard InChI is InChI=1S/C14H21N3O3S/c1-8(2)12-13(19)15-5-6-16(12)11(18)7-17-9(3)10(4)21-14(17)20/h8,12H,5-7H2,1-4H3,(H,15,19). The van der Waals surface area contributed by atoms with Crippen molar-refractivity contribution < 1.29 is 9.59 Å². The quantitative estimate of drug-likeness (QED) is 0.884. The molecular weight excluding hydrogens is 290 g/mol. The molecule has 1 aliphatic heterocycles. The molecule has 1 atom stereocenters. The molecule has 0 spiro atoms. The highest BCUT2D eigenvalue weighted by Crippen LogP contribution is 2.16. The Bertz CT molecular complexity index is 617. The van der Waals surface area contributed by atoms with Gasteiger partial charge in [-0.25, -0.2) is 0 Å². The average molecular weight is 311 g/mol. The van der Waals surface area contributed by atoms with Crippen molar-refractivity contribution in [1.29, 1.82) is 0 Å². The molecule has 2 heterocycles. The van der Waals surface area contributed by atoms with Gasteiger partial charge in [-0.3, -0.25) is 19.0 Å². The summed E-state index contributed by atoms with van der Waals surface area (Å²) >= 11 is 1.15. The van der Waals surface area contributed by atoms with Crippen molar-refractivity contribution in [3.8, 4) is 0 Å². The second-order valence-electron chi connectivity index (χ2n) is 5.66. The molecule has 1 N–H and O–H groups in total. The zero-order valence-corrected chi connectivity index (χ0v) is 13.6. The summed E-state index contributed by atoms with van der Waals surface area (Å²) in [5.41, 5.74) is 0.820. The van der Waals surface area contributed by atoms with E-state index in [0.29, 0.717) is 13.1 Å². The molecule has 21 heavy (non-hydrogen) atoms. The highest BCUT2D eigenvalue weighted by Gasteiger charge is 2.35. The minimum Gasteiger partial charge on any atom is -0.353 e. The highest BCUT2D eigenvalue weighted by atomic mass is 32.1. The van der Waals surface area contributed by atoms with Gasteiger partial charge in [0.15, 0.2) is 0 Å². The fourth-order valence-electron chi connectivity index (χ4n) is 2.62. The van der Waals surface area contributed by atoms with Crippen LogP contribution < -0.4 is 10.2 Å². The zero-order valence-electron chi connectivity index (χ0n) is 12.8. The first-order valence-electron chi connectivity index (χ1n) is 7.07. The number of rotatable bonds is 3. The first-order chi connectivity index (χ1) is 9.82. The third-order valence-electron chi connectivity index (χ3n) is 3.88. The summed E-state index contributed by atoms with van der Waals surface area (Å²) in [6.45, 7) is 8.50. The minimum absolute atomic E-state index is 0.00546. The third kappa shape index (κ3) is 3.02. The van der Waals surface area contributed by atoms with Gasteiger partial charge in [0.05, 0.1) is 0 Å². The summed E-state index contributed by atoms with van der Waals surface area (Å²) in [5, 5.41) is 2.79. The lowest BCUT2D eigenvalue weighted by molar-refractivity contribution is -0.145. The van der Waals surface area contributed by atoms with E-state index in [0.717, 1.165) is 21.9 Å². The highest BCUT2D eigenvalue weighted by molar-refractivity contribution is 7.09. The molecule has 1 saturated heterocycles. The van der Waals surface area contributed by atoms with Crippen LogP contribution in [0.2, 0.25) is 0 Å². The molecule has 0 radical (unpaired) electrons. The molecule has 1 unspecified atom stereocenters. The third-order valence-corrected chi connectivity index (χ3v) is 4.87. The second kappa shape index (κ2) is 6.01. The predicted octanol–water partition coefficient (Wildman–Crippen LogP) is 0.510. The van der Waals surface area contributed by atoms with E-state index >= 15 is 0 Å². The summed E-state index contributed by atoms with van der Waals surface area (Å²) < 4.78 is 1.49. The number of nitrogens with zero attached hydrogens (tertiary/aromatic N) is 2. The monoisotopic (exact) mass is 311 g/mol. The van der Waals surface area contributed by atoms with E-state index in [4.69, 9.17) is 0 Å². The molecule has 1 aliphatic rings. The molecule has 1 fully saturated rings. The largest absolute Gasteiger partial charge is 0.353 e. The Morgan fingerprint density at radius 2 is 2.05 bits per heavy atom. The smallest absolute Gasteiger partial charge is 0.308 e. The van der Waals surface area contributed by atoms with Crippen molar-refractivity contribution in [2.75, 3.05) is 13.1 Å². The number of hydrogen-bond donors (Lipinski definition) is 1. The van der Waals surface area contributed by atoms with Crippen LogP contribution in [0, 0.1) is 19.8 Å². The maximum Gasteiger partial charge on any atom is 0.308 e. The number of piperazine rings is 1.